The Kier molecular flexibility index (Phi) is 5.24. The number of carbonyl (C=O) groups excluding carboxylic acids is 1. The van der Waals surface area contributed by atoms with Crippen LogP contribution in [0.25, 0.3) is 0 Å². The van der Waals surface area contributed by atoms with Gasteiger partial charge < -0.3 is 15.3 Å². The van der Waals surface area contributed by atoms with Gasteiger partial charge >= 0.3 is 18.2 Å². The summed E-state index contributed by atoms with van der Waals surface area (Å²) in [6.07, 6.45) is -3.28. The van der Waals surface area contributed by atoms with E-state index >= 15 is 0 Å². The van der Waals surface area contributed by atoms with Crippen LogP contribution in [0, 0.1) is 5.92 Å². The summed E-state index contributed by atoms with van der Waals surface area (Å²) in [5.74, 6) is -1.23. The molecule has 0 aromatic rings. The van der Waals surface area contributed by atoms with Crippen molar-refractivity contribution in [1.82, 2.24) is 10.2 Å². The summed E-state index contributed by atoms with van der Waals surface area (Å²) < 4.78 is 37.3. The highest BCUT2D eigenvalue weighted by atomic mass is 19.4. The third-order valence-corrected chi connectivity index (χ3v) is 2.90. The van der Waals surface area contributed by atoms with Crippen molar-refractivity contribution in [2.75, 3.05) is 6.54 Å². The molecule has 0 spiro atoms. The number of hydrogen-bond acceptors (Lipinski definition) is 2. The van der Waals surface area contributed by atoms with E-state index in [2.05, 4.69) is 5.32 Å². The molecule has 1 aliphatic carbocycles. The largest absolute Gasteiger partial charge is 0.480 e. The molecule has 116 valence electrons. The molecule has 1 saturated carbocycles. The Labute approximate surface area is 115 Å². The molecule has 1 fully saturated rings. The van der Waals surface area contributed by atoms with E-state index in [1.165, 1.54) is 0 Å². The van der Waals surface area contributed by atoms with Crippen molar-refractivity contribution in [3.63, 3.8) is 0 Å². The quantitative estimate of drug-likeness (QED) is 0.789. The average molecular weight is 296 g/mol. The number of alkyl halides is 3. The molecule has 1 rings (SSSR count). The monoisotopic (exact) mass is 296 g/mol. The van der Waals surface area contributed by atoms with Gasteiger partial charge in [0.05, 0.1) is 0 Å². The molecular formula is C12H19F3N2O3. The van der Waals surface area contributed by atoms with Crippen LogP contribution in [0.15, 0.2) is 0 Å². The smallest absolute Gasteiger partial charge is 0.406 e. The zero-order chi connectivity index (χ0) is 15.5. The molecule has 0 radical (unpaired) electrons. The highest BCUT2D eigenvalue weighted by Gasteiger charge is 2.41. The minimum Gasteiger partial charge on any atom is -0.480 e. The van der Waals surface area contributed by atoms with Crippen LogP contribution in [-0.4, -0.2) is 46.8 Å². The van der Waals surface area contributed by atoms with E-state index in [1.54, 1.807) is 13.8 Å². The van der Waals surface area contributed by atoms with Gasteiger partial charge in [-0.05, 0) is 25.2 Å². The fourth-order valence-electron chi connectivity index (χ4n) is 1.87. The minimum absolute atomic E-state index is 0.00777. The van der Waals surface area contributed by atoms with E-state index in [1.807, 2.05) is 0 Å². The van der Waals surface area contributed by atoms with E-state index in [4.69, 9.17) is 5.11 Å². The lowest BCUT2D eigenvalue weighted by Crippen LogP contribution is -2.51. The van der Waals surface area contributed by atoms with Gasteiger partial charge in [-0.25, -0.2) is 9.59 Å². The normalized spacial score (nSPS) is 16.9. The van der Waals surface area contributed by atoms with Crippen LogP contribution < -0.4 is 5.32 Å². The molecule has 1 aliphatic rings. The van der Waals surface area contributed by atoms with Crippen LogP contribution in [0.1, 0.15) is 33.1 Å². The van der Waals surface area contributed by atoms with Crippen LogP contribution in [-0.2, 0) is 4.79 Å². The summed E-state index contributed by atoms with van der Waals surface area (Å²) in [5, 5.41) is 11.2. The second-order valence-corrected chi connectivity index (χ2v) is 5.44. The lowest BCUT2D eigenvalue weighted by atomic mass is 10.0. The van der Waals surface area contributed by atoms with Crippen LogP contribution in [0.5, 0.6) is 0 Å². The lowest BCUT2D eigenvalue weighted by molar-refractivity contribution is -0.141. The standard InChI is InChI=1S/C12H19F3N2O3/c1-7(2)5-9(10(18)19)16-11(20)17(8-3-4-8)6-12(13,14)15/h7-9H,3-6H2,1-2H3,(H,16,20)(H,18,19)/t9-/m0/s1. The van der Waals surface area contributed by atoms with Crippen LogP contribution in [0.2, 0.25) is 0 Å². The molecule has 5 nitrogen and oxygen atoms in total. The van der Waals surface area contributed by atoms with Crippen molar-refractivity contribution < 1.29 is 27.9 Å². The SMILES string of the molecule is CC(C)C[C@H](NC(=O)N(CC(F)(F)F)C1CC1)C(=O)O. The second-order valence-electron chi connectivity index (χ2n) is 5.44. The van der Waals surface area contributed by atoms with Gasteiger partial charge in [0.15, 0.2) is 0 Å². The number of carboxylic acids is 1. The van der Waals surface area contributed by atoms with Gasteiger partial charge in [-0.3, -0.25) is 0 Å². The summed E-state index contributed by atoms with van der Waals surface area (Å²) in [5.41, 5.74) is 0. The number of amides is 2. The summed E-state index contributed by atoms with van der Waals surface area (Å²) >= 11 is 0. The Hall–Kier alpha value is -1.47. The van der Waals surface area contributed by atoms with E-state index in [-0.39, 0.29) is 12.3 Å². The van der Waals surface area contributed by atoms with E-state index < -0.39 is 36.8 Å². The minimum atomic E-state index is -4.49. The average Bonchev–Trinajstić information content (AvgIpc) is 3.06. The van der Waals surface area contributed by atoms with Crippen LogP contribution in [0.4, 0.5) is 18.0 Å². The Morgan fingerprint density at radius 3 is 2.25 bits per heavy atom. The van der Waals surface area contributed by atoms with Gasteiger partial charge in [-0.1, -0.05) is 13.8 Å². The van der Waals surface area contributed by atoms with Gasteiger partial charge in [0, 0.05) is 6.04 Å². The number of carbonyl (C=O) groups is 2. The number of urea groups is 1. The molecule has 2 N–H and O–H groups in total. The van der Waals surface area contributed by atoms with Crippen molar-refractivity contribution >= 4 is 12.0 Å². The van der Waals surface area contributed by atoms with E-state index in [9.17, 15) is 22.8 Å². The predicted molar refractivity (Wildman–Crippen MR) is 65.2 cm³/mol. The zero-order valence-corrected chi connectivity index (χ0v) is 11.4. The first-order chi connectivity index (χ1) is 9.10. The third-order valence-electron chi connectivity index (χ3n) is 2.90. The first-order valence-corrected chi connectivity index (χ1v) is 6.47. The third kappa shape index (κ3) is 5.66. The molecule has 0 aliphatic heterocycles. The highest BCUT2D eigenvalue weighted by Crippen LogP contribution is 2.30. The number of hydrogen-bond donors (Lipinski definition) is 2. The maximum atomic E-state index is 12.4. The number of nitrogens with one attached hydrogen (secondary N) is 1. The lowest BCUT2D eigenvalue weighted by Gasteiger charge is -2.26. The van der Waals surface area contributed by atoms with Crippen LogP contribution in [0.3, 0.4) is 0 Å². The first-order valence-electron chi connectivity index (χ1n) is 6.47. The first kappa shape index (κ1) is 16.6. The molecule has 1 atom stereocenters. The number of halogens is 3. The summed E-state index contributed by atoms with van der Waals surface area (Å²) in [6.45, 7) is 2.20. The maximum Gasteiger partial charge on any atom is 0.406 e. The van der Waals surface area contributed by atoms with Crippen LogP contribution >= 0.6 is 0 Å². The fourth-order valence-corrected chi connectivity index (χ4v) is 1.87. The molecule has 0 heterocycles. The fraction of sp³-hybridized carbons (Fsp3) is 0.833. The topological polar surface area (TPSA) is 69.6 Å². The van der Waals surface area contributed by atoms with E-state index in [0.29, 0.717) is 17.7 Å². The van der Waals surface area contributed by atoms with Gasteiger partial charge in [-0.15, -0.1) is 0 Å². The summed E-state index contributed by atoms with van der Waals surface area (Å²) in [6, 6.07) is -2.57. The van der Waals surface area contributed by atoms with E-state index in [0.717, 1.165) is 0 Å². The molecular weight excluding hydrogens is 277 g/mol. The second kappa shape index (κ2) is 6.32. The number of carboxylic acid groups (broad SMARTS) is 1. The Morgan fingerprint density at radius 2 is 1.90 bits per heavy atom. The van der Waals surface area contributed by atoms with Gasteiger partial charge in [-0.2, -0.15) is 13.2 Å². The molecule has 0 unspecified atom stereocenters. The van der Waals surface area contributed by atoms with Crippen molar-refractivity contribution in [3.8, 4) is 0 Å². The van der Waals surface area contributed by atoms with Gasteiger partial charge in [0.1, 0.15) is 12.6 Å². The zero-order valence-electron chi connectivity index (χ0n) is 11.4. The number of nitrogens with zero attached hydrogens (tertiary/aromatic N) is 1. The molecule has 20 heavy (non-hydrogen) atoms. The molecule has 0 saturated heterocycles. The Bertz CT molecular complexity index is 367. The molecule has 2 amide bonds. The Balaban J connectivity index is 2.66. The molecule has 0 bridgehead atoms. The molecule has 0 aromatic heterocycles. The van der Waals surface area contributed by atoms with Gasteiger partial charge in [0.2, 0.25) is 0 Å². The Morgan fingerprint density at radius 1 is 1.35 bits per heavy atom. The van der Waals surface area contributed by atoms with Crippen molar-refractivity contribution in [2.24, 2.45) is 5.92 Å². The summed E-state index contributed by atoms with van der Waals surface area (Å²) in [7, 11) is 0. The molecule has 0 aromatic carbocycles. The maximum absolute atomic E-state index is 12.4. The predicted octanol–water partition coefficient (Wildman–Crippen LogP) is 2.22. The molecule has 8 heteroatoms. The highest BCUT2D eigenvalue weighted by molar-refractivity contribution is 5.82. The van der Waals surface area contributed by atoms with Crippen molar-refractivity contribution in [2.45, 2.75) is 51.4 Å². The summed E-state index contributed by atoms with van der Waals surface area (Å²) in [4.78, 5) is 23.5. The number of aliphatic carboxylic acids is 1. The number of rotatable bonds is 6. The van der Waals surface area contributed by atoms with Crippen molar-refractivity contribution in [3.05, 3.63) is 0 Å². The van der Waals surface area contributed by atoms with Crippen molar-refractivity contribution in [1.29, 1.82) is 0 Å². The van der Waals surface area contributed by atoms with Gasteiger partial charge in [0.25, 0.3) is 0 Å².